The monoisotopic (exact) mass is 483 g/mol. The second-order valence-corrected chi connectivity index (χ2v) is 8.97. The molecule has 3 aromatic rings. The van der Waals surface area contributed by atoms with E-state index in [1.54, 1.807) is 25.3 Å². The number of hydrogen-bond acceptors (Lipinski definition) is 6. The van der Waals surface area contributed by atoms with Crippen LogP contribution < -0.4 is 9.47 Å². The fourth-order valence-corrected chi connectivity index (χ4v) is 5.26. The van der Waals surface area contributed by atoms with Gasteiger partial charge in [-0.25, -0.2) is 0 Å². The third-order valence-electron chi connectivity index (χ3n) is 5.53. The Morgan fingerprint density at radius 1 is 1.12 bits per heavy atom. The van der Waals surface area contributed by atoms with E-state index in [1.807, 2.05) is 42.6 Å². The number of aryl methyl sites for hydroxylation is 1. The maximum Gasteiger partial charge on any atom is 0.295 e. The summed E-state index contributed by atoms with van der Waals surface area (Å²) in [6.45, 7) is 1.96. The Morgan fingerprint density at radius 3 is 2.55 bits per heavy atom. The minimum absolute atomic E-state index is 0.00249. The molecule has 1 aliphatic heterocycles. The van der Waals surface area contributed by atoms with Crippen LogP contribution in [-0.4, -0.2) is 35.9 Å². The lowest BCUT2D eigenvalue weighted by molar-refractivity contribution is -0.140. The van der Waals surface area contributed by atoms with Gasteiger partial charge in [-0.2, -0.15) is 0 Å². The smallest absolute Gasteiger partial charge is 0.295 e. The lowest BCUT2D eigenvalue weighted by Crippen LogP contribution is -2.29. The molecule has 1 aromatic heterocycles. The zero-order chi connectivity index (χ0) is 23.7. The van der Waals surface area contributed by atoms with Gasteiger partial charge in [0.15, 0.2) is 0 Å². The van der Waals surface area contributed by atoms with Gasteiger partial charge in [-0.05, 0) is 42.1 Å². The number of hydrogen-bond donors (Lipinski definition) is 1. The van der Waals surface area contributed by atoms with Gasteiger partial charge in [-0.1, -0.05) is 35.9 Å². The SMILES string of the molecule is COc1ccccc1CN1C(=O)C(=O)/C(=C(\O)c2cc(C)cc(Cl)c2OC)C1c1cccs1. The zero-order valence-corrected chi connectivity index (χ0v) is 19.9. The highest BCUT2D eigenvalue weighted by Crippen LogP contribution is 2.44. The fraction of sp³-hybridized carbons (Fsp3) is 0.200. The number of halogens is 1. The van der Waals surface area contributed by atoms with E-state index in [2.05, 4.69) is 0 Å². The molecule has 1 unspecified atom stereocenters. The largest absolute Gasteiger partial charge is 0.507 e. The van der Waals surface area contributed by atoms with Crippen molar-refractivity contribution in [3.63, 3.8) is 0 Å². The summed E-state index contributed by atoms with van der Waals surface area (Å²) >= 11 is 7.72. The predicted octanol–water partition coefficient (Wildman–Crippen LogP) is 5.35. The molecule has 0 bridgehead atoms. The second-order valence-electron chi connectivity index (χ2n) is 7.58. The Bertz CT molecular complexity index is 1250. The highest BCUT2D eigenvalue weighted by molar-refractivity contribution is 7.10. The number of benzene rings is 2. The van der Waals surface area contributed by atoms with Crippen molar-refractivity contribution in [1.82, 2.24) is 4.90 Å². The predicted molar refractivity (Wildman–Crippen MR) is 128 cm³/mol. The summed E-state index contributed by atoms with van der Waals surface area (Å²) in [4.78, 5) is 28.6. The number of aliphatic hydroxyl groups is 1. The molecule has 1 N–H and O–H groups in total. The normalized spacial score (nSPS) is 17.5. The summed E-state index contributed by atoms with van der Waals surface area (Å²) in [5.41, 5.74) is 1.79. The van der Waals surface area contributed by atoms with Crippen LogP contribution in [0.25, 0.3) is 5.76 Å². The van der Waals surface area contributed by atoms with E-state index in [0.717, 1.165) is 16.0 Å². The third-order valence-corrected chi connectivity index (χ3v) is 6.74. The van der Waals surface area contributed by atoms with Crippen LogP contribution >= 0.6 is 22.9 Å². The molecule has 1 atom stereocenters. The highest BCUT2D eigenvalue weighted by atomic mass is 35.5. The zero-order valence-electron chi connectivity index (χ0n) is 18.3. The van der Waals surface area contributed by atoms with Crippen molar-refractivity contribution < 1.29 is 24.2 Å². The van der Waals surface area contributed by atoms with Crippen molar-refractivity contribution in [2.24, 2.45) is 0 Å². The van der Waals surface area contributed by atoms with E-state index in [4.69, 9.17) is 21.1 Å². The molecule has 1 amide bonds. The standard InChI is InChI=1S/C25H22ClNO5S/c1-14-11-16(24(32-3)17(26)12-14)22(28)20-21(19-9-6-10-33-19)27(25(30)23(20)29)13-15-7-4-5-8-18(15)31-2/h4-12,21,28H,13H2,1-3H3/b22-20-. The number of likely N-dealkylation sites (tertiary alicyclic amines) is 1. The number of amides is 1. The molecule has 1 aliphatic rings. The summed E-state index contributed by atoms with van der Waals surface area (Å²) in [5.74, 6) is -0.937. The van der Waals surface area contributed by atoms with Gasteiger partial charge in [0.05, 0.1) is 43.0 Å². The number of nitrogens with zero attached hydrogens (tertiary/aromatic N) is 1. The lowest BCUT2D eigenvalue weighted by atomic mass is 9.98. The molecule has 2 aromatic carbocycles. The van der Waals surface area contributed by atoms with Crippen LogP contribution in [-0.2, 0) is 16.1 Å². The van der Waals surface area contributed by atoms with Crippen molar-refractivity contribution in [3.8, 4) is 11.5 Å². The molecule has 6 nitrogen and oxygen atoms in total. The molecule has 0 radical (unpaired) electrons. The number of rotatable bonds is 6. The van der Waals surface area contributed by atoms with Crippen LogP contribution in [0.1, 0.15) is 27.6 Å². The van der Waals surface area contributed by atoms with Crippen molar-refractivity contribution >= 4 is 40.4 Å². The molecule has 0 saturated carbocycles. The maximum absolute atomic E-state index is 13.2. The first-order valence-electron chi connectivity index (χ1n) is 10.2. The number of thiophene rings is 1. The minimum atomic E-state index is -0.765. The summed E-state index contributed by atoms with van der Waals surface area (Å²) in [6, 6.07) is 13.6. The Morgan fingerprint density at radius 2 is 1.88 bits per heavy atom. The highest BCUT2D eigenvalue weighted by Gasteiger charge is 2.47. The Labute approximate surface area is 200 Å². The van der Waals surface area contributed by atoms with E-state index < -0.39 is 17.7 Å². The first-order valence-corrected chi connectivity index (χ1v) is 11.4. The maximum atomic E-state index is 13.2. The van der Waals surface area contributed by atoms with Crippen LogP contribution in [0.5, 0.6) is 11.5 Å². The van der Waals surface area contributed by atoms with Gasteiger partial charge in [0, 0.05) is 10.4 Å². The minimum Gasteiger partial charge on any atom is -0.507 e. The van der Waals surface area contributed by atoms with Crippen molar-refractivity contribution in [1.29, 1.82) is 0 Å². The molecule has 4 rings (SSSR count). The summed E-state index contributed by atoms with van der Waals surface area (Å²) < 4.78 is 10.8. The van der Waals surface area contributed by atoms with Gasteiger partial charge in [-0.3, -0.25) is 9.59 Å². The number of para-hydroxylation sites is 1. The quantitative estimate of drug-likeness (QED) is 0.290. The number of ketones is 1. The van der Waals surface area contributed by atoms with Gasteiger partial charge in [0.1, 0.15) is 17.3 Å². The van der Waals surface area contributed by atoms with Gasteiger partial charge in [0.25, 0.3) is 11.7 Å². The first-order chi connectivity index (χ1) is 15.9. The van der Waals surface area contributed by atoms with Crippen LogP contribution in [0.15, 0.2) is 59.5 Å². The van der Waals surface area contributed by atoms with Gasteiger partial charge in [0.2, 0.25) is 0 Å². The molecule has 2 heterocycles. The molecule has 8 heteroatoms. The number of carbonyl (C=O) groups is 2. The fourth-order valence-electron chi connectivity index (χ4n) is 4.06. The van der Waals surface area contributed by atoms with Crippen LogP contribution in [0.3, 0.4) is 0 Å². The van der Waals surface area contributed by atoms with Crippen molar-refractivity contribution in [3.05, 3.63) is 86.1 Å². The number of ether oxygens (including phenoxy) is 2. The summed E-state index contributed by atoms with van der Waals surface area (Å²) in [7, 11) is 2.99. The molecule has 0 aliphatic carbocycles. The second kappa shape index (κ2) is 9.29. The Kier molecular flexibility index (Phi) is 6.44. The lowest BCUT2D eigenvalue weighted by Gasteiger charge is -2.25. The first kappa shape index (κ1) is 22.9. The van der Waals surface area contributed by atoms with Crippen molar-refractivity contribution in [2.45, 2.75) is 19.5 Å². The van der Waals surface area contributed by atoms with E-state index in [9.17, 15) is 14.7 Å². The van der Waals surface area contributed by atoms with Crippen LogP contribution in [0, 0.1) is 6.92 Å². The average molecular weight is 484 g/mol. The summed E-state index contributed by atoms with van der Waals surface area (Å²) in [5, 5.41) is 13.5. The van der Waals surface area contributed by atoms with E-state index in [0.29, 0.717) is 10.8 Å². The van der Waals surface area contributed by atoms with E-state index in [-0.39, 0.29) is 29.2 Å². The molecule has 170 valence electrons. The van der Waals surface area contributed by atoms with Crippen LogP contribution in [0.4, 0.5) is 0 Å². The number of Topliss-reactive ketones (excluding diaryl/α,β-unsaturated/α-hetero) is 1. The third kappa shape index (κ3) is 4.10. The molecule has 1 saturated heterocycles. The molecule has 1 fully saturated rings. The number of carbonyl (C=O) groups excluding carboxylic acids is 2. The van der Waals surface area contributed by atoms with Gasteiger partial charge in [-0.15, -0.1) is 11.3 Å². The molecular weight excluding hydrogens is 462 g/mol. The van der Waals surface area contributed by atoms with Crippen molar-refractivity contribution in [2.75, 3.05) is 14.2 Å². The topological polar surface area (TPSA) is 76.1 Å². The molecule has 0 spiro atoms. The van der Waals surface area contributed by atoms with Gasteiger partial charge < -0.3 is 19.5 Å². The van der Waals surface area contributed by atoms with Gasteiger partial charge >= 0.3 is 0 Å². The number of methoxy groups -OCH3 is 2. The molecule has 33 heavy (non-hydrogen) atoms. The van der Waals surface area contributed by atoms with Crippen LogP contribution in [0.2, 0.25) is 5.02 Å². The summed E-state index contributed by atoms with van der Waals surface area (Å²) in [6.07, 6.45) is 0. The Hall–Kier alpha value is -3.29. The van der Waals surface area contributed by atoms with E-state index >= 15 is 0 Å². The molecular formula is C25H22ClNO5S. The van der Waals surface area contributed by atoms with E-state index in [1.165, 1.54) is 23.3 Å². The number of aliphatic hydroxyl groups excluding tert-OH is 1. The average Bonchev–Trinajstić information content (AvgIpc) is 3.41. The Balaban J connectivity index is 1.90.